The van der Waals surface area contributed by atoms with Gasteiger partial charge in [-0.15, -0.1) is 10.2 Å². The summed E-state index contributed by atoms with van der Waals surface area (Å²) in [5.41, 5.74) is -0.283. The van der Waals surface area contributed by atoms with Crippen molar-refractivity contribution in [3.8, 4) is 0 Å². The fraction of sp³-hybridized carbons (Fsp3) is 0.571. The molecule has 1 aliphatic rings. The van der Waals surface area contributed by atoms with Gasteiger partial charge in [0.15, 0.2) is 0 Å². The summed E-state index contributed by atoms with van der Waals surface area (Å²) in [5, 5.41) is 7.83. The molecule has 1 aromatic carbocycles. The first-order valence-corrected chi connectivity index (χ1v) is 10.2. The van der Waals surface area contributed by atoms with Crippen molar-refractivity contribution < 1.29 is 27.1 Å². The van der Waals surface area contributed by atoms with Gasteiger partial charge in [-0.3, -0.25) is 4.79 Å². The van der Waals surface area contributed by atoms with E-state index in [-0.39, 0.29) is 30.7 Å². The Morgan fingerprint density at radius 3 is 2.77 bits per heavy atom. The molecule has 2 aromatic rings. The molecule has 0 N–H and O–H groups in total. The Morgan fingerprint density at radius 1 is 1.27 bits per heavy atom. The van der Waals surface area contributed by atoms with Crippen LogP contribution in [0.4, 0.5) is 13.2 Å². The first-order chi connectivity index (χ1) is 14.3. The maximum absolute atomic E-state index is 12.8. The molecule has 6 nitrogen and oxygen atoms in total. The molecule has 0 saturated carbocycles. The number of aromatic nitrogens is 2. The van der Waals surface area contributed by atoms with Crippen LogP contribution in [0.25, 0.3) is 0 Å². The van der Waals surface area contributed by atoms with Crippen molar-refractivity contribution in [1.29, 1.82) is 0 Å². The van der Waals surface area contributed by atoms with Crippen molar-refractivity contribution in [1.82, 2.24) is 15.1 Å². The van der Waals surface area contributed by atoms with Gasteiger partial charge in [-0.2, -0.15) is 13.2 Å². The molecule has 2 heterocycles. The van der Waals surface area contributed by atoms with Gasteiger partial charge in [-0.25, -0.2) is 0 Å². The Balaban J connectivity index is 1.54. The average Bonchev–Trinajstić information content (AvgIpc) is 3.37. The lowest BCUT2D eigenvalue weighted by atomic mass is 10.1. The Morgan fingerprint density at radius 2 is 2.07 bits per heavy atom. The molecule has 30 heavy (non-hydrogen) atoms. The average molecular weight is 425 g/mol. The predicted octanol–water partition coefficient (Wildman–Crippen LogP) is 4.03. The number of carbonyl (C=O) groups is 1. The first-order valence-electron chi connectivity index (χ1n) is 10.2. The molecule has 0 radical (unpaired) electrons. The van der Waals surface area contributed by atoms with Gasteiger partial charge in [0.2, 0.25) is 17.7 Å². The first kappa shape index (κ1) is 22.3. The van der Waals surface area contributed by atoms with Crippen molar-refractivity contribution in [3.05, 3.63) is 47.2 Å². The van der Waals surface area contributed by atoms with E-state index in [0.717, 1.165) is 38.0 Å². The van der Waals surface area contributed by atoms with Crippen molar-refractivity contribution >= 4 is 5.91 Å². The molecule has 9 heteroatoms. The van der Waals surface area contributed by atoms with Crippen molar-refractivity contribution in [2.75, 3.05) is 19.7 Å². The number of nitrogens with zero attached hydrogens (tertiary/aromatic N) is 3. The standard InChI is InChI=1S/C21H26F3N3O3/c1-2-10-27(14-17-7-4-11-29-17)20(28)9-8-18-25-26-19(30-18)13-15-5-3-6-16(12-15)21(22,23)24/h3,5-6,12,17H,2,4,7-11,13-14H2,1H3/t17-/m0/s1. The number of hydrogen-bond donors (Lipinski definition) is 0. The zero-order chi connectivity index (χ0) is 21.6. The number of hydrogen-bond acceptors (Lipinski definition) is 5. The zero-order valence-corrected chi connectivity index (χ0v) is 17.0. The maximum atomic E-state index is 12.8. The third kappa shape index (κ3) is 6.29. The number of amides is 1. The summed E-state index contributed by atoms with van der Waals surface area (Å²) in [4.78, 5) is 14.4. The lowest BCUT2D eigenvalue weighted by Gasteiger charge is -2.25. The molecule has 164 valence electrons. The van der Waals surface area contributed by atoms with Crippen LogP contribution in [-0.4, -0.2) is 46.8 Å². The van der Waals surface area contributed by atoms with Crippen LogP contribution in [0.15, 0.2) is 28.7 Å². The van der Waals surface area contributed by atoms with Crippen LogP contribution in [0, 0.1) is 0 Å². The van der Waals surface area contributed by atoms with Gasteiger partial charge in [0, 0.05) is 32.5 Å². The second-order valence-electron chi connectivity index (χ2n) is 7.44. The molecular formula is C21H26F3N3O3. The highest BCUT2D eigenvalue weighted by Gasteiger charge is 2.30. The van der Waals surface area contributed by atoms with E-state index in [1.54, 1.807) is 6.07 Å². The van der Waals surface area contributed by atoms with Gasteiger partial charge in [0.25, 0.3) is 0 Å². The molecule has 1 aromatic heterocycles. The van der Waals surface area contributed by atoms with Gasteiger partial charge >= 0.3 is 6.18 Å². The lowest BCUT2D eigenvalue weighted by molar-refractivity contribution is -0.137. The van der Waals surface area contributed by atoms with E-state index in [4.69, 9.17) is 9.15 Å². The summed E-state index contributed by atoms with van der Waals surface area (Å²) in [6.07, 6.45) is -0.817. The second kappa shape index (κ2) is 10.1. The van der Waals surface area contributed by atoms with E-state index < -0.39 is 11.7 Å². The van der Waals surface area contributed by atoms with Gasteiger partial charge in [0.1, 0.15) is 0 Å². The number of ether oxygens (including phenoxy) is 1. The Kier molecular flexibility index (Phi) is 7.47. The summed E-state index contributed by atoms with van der Waals surface area (Å²) in [5.74, 6) is 0.533. The smallest absolute Gasteiger partial charge is 0.416 e. The van der Waals surface area contributed by atoms with Crippen LogP contribution < -0.4 is 0 Å². The summed E-state index contributed by atoms with van der Waals surface area (Å²) in [7, 11) is 0. The van der Waals surface area contributed by atoms with Crippen LogP contribution in [0.3, 0.4) is 0 Å². The zero-order valence-electron chi connectivity index (χ0n) is 17.0. The van der Waals surface area contributed by atoms with Gasteiger partial charge in [-0.05, 0) is 30.9 Å². The number of alkyl halides is 3. The molecule has 0 spiro atoms. The fourth-order valence-corrected chi connectivity index (χ4v) is 3.49. The van der Waals surface area contributed by atoms with E-state index in [9.17, 15) is 18.0 Å². The molecule has 1 amide bonds. The van der Waals surface area contributed by atoms with E-state index in [1.807, 2.05) is 11.8 Å². The second-order valence-corrected chi connectivity index (χ2v) is 7.44. The van der Waals surface area contributed by atoms with Crippen molar-refractivity contribution in [2.45, 2.75) is 57.7 Å². The number of aryl methyl sites for hydroxylation is 1. The van der Waals surface area contributed by atoms with E-state index in [2.05, 4.69) is 10.2 Å². The normalized spacial score (nSPS) is 16.7. The number of rotatable bonds is 9. The summed E-state index contributed by atoms with van der Waals surface area (Å²) in [6.45, 7) is 4.03. The molecule has 1 fully saturated rings. The third-order valence-corrected chi connectivity index (χ3v) is 4.97. The van der Waals surface area contributed by atoms with E-state index in [0.29, 0.717) is 31.0 Å². The lowest BCUT2D eigenvalue weighted by Crippen LogP contribution is -2.38. The molecule has 1 saturated heterocycles. The minimum atomic E-state index is -4.40. The minimum Gasteiger partial charge on any atom is -0.425 e. The van der Waals surface area contributed by atoms with Crippen LogP contribution in [0.5, 0.6) is 0 Å². The molecule has 0 unspecified atom stereocenters. The van der Waals surface area contributed by atoms with Crippen LogP contribution in [-0.2, 0) is 28.5 Å². The highest BCUT2D eigenvalue weighted by atomic mass is 19.4. The van der Waals surface area contributed by atoms with Gasteiger partial charge < -0.3 is 14.1 Å². The monoisotopic (exact) mass is 425 g/mol. The molecule has 0 bridgehead atoms. The summed E-state index contributed by atoms with van der Waals surface area (Å²) >= 11 is 0. The Bertz CT molecular complexity index is 832. The quantitative estimate of drug-likeness (QED) is 0.607. The minimum absolute atomic E-state index is 0.00461. The molecule has 0 aliphatic carbocycles. The van der Waals surface area contributed by atoms with E-state index >= 15 is 0 Å². The molecule has 1 aliphatic heterocycles. The SMILES string of the molecule is CCCN(C[C@@H]1CCCO1)C(=O)CCc1nnc(Cc2cccc(C(F)(F)F)c2)o1. The largest absolute Gasteiger partial charge is 0.425 e. The number of benzene rings is 1. The van der Waals surface area contributed by atoms with Crippen LogP contribution in [0.1, 0.15) is 55.5 Å². The van der Waals surface area contributed by atoms with E-state index in [1.165, 1.54) is 6.07 Å². The van der Waals surface area contributed by atoms with Gasteiger partial charge in [0.05, 0.1) is 18.1 Å². The summed E-state index contributed by atoms with van der Waals surface area (Å²) in [6, 6.07) is 5.02. The number of halogens is 3. The fourth-order valence-electron chi connectivity index (χ4n) is 3.49. The number of carbonyl (C=O) groups excluding carboxylic acids is 1. The molecule has 3 rings (SSSR count). The predicted molar refractivity (Wildman–Crippen MR) is 103 cm³/mol. The highest BCUT2D eigenvalue weighted by Crippen LogP contribution is 2.30. The maximum Gasteiger partial charge on any atom is 0.416 e. The molecule has 1 atom stereocenters. The van der Waals surface area contributed by atoms with Crippen molar-refractivity contribution in [3.63, 3.8) is 0 Å². The summed E-state index contributed by atoms with van der Waals surface area (Å²) < 4.78 is 49.7. The topological polar surface area (TPSA) is 68.5 Å². The molecular weight excluding hydrogens is 399 g/mol. The van der Waals surface area contributed by atoms with Crippen LogP contribution in [0.2, 0.25) is 0 Å². The van der Waals surface area contributed by atoms with Crippen LogP contribution >= 0.6 is 0 Å². The Hall–Kier alpha value is -2.42. The third-order valence-electron chi connectivity index (χ3n) is 4.97. The van der Waals surface area contributed by atoms with Crippen molar-refractivity contribution in [2.24, 2.45) is 0 Å². The Labute approximate surface area is 173 Å². The highest BCUT2D eigenvalue weighted by molar-refractivity contribution is 5.76. The van der Waals surface area contributed by atoms with Gasteiger partial charge in [-0.1, -0.05) is 25.1 Å².